The minimum absolute atomic E-state index is 0.00631. The molecule has 0 bridgehead atoms. The van der Waals surface area contributed by atoms with Crippen LogP contribution in [0.15, 0.2) is 22.7 Å². The highest BCUT2D eigenvalue weighted by Crippen LogP contribution is 2.27. The van der Waals surface area contributed by atoms with Gasteiger partial charge in [0.2, 0.25) is 0 Å². The molecule has 2 rings (SSSR count). The molecule has 0 aliphatic rings. The summed E-state index contributed by atoms with van der Waals surface area (Å²) < 4.78 is 40.7. The van der Waals surface area contributed by atoms with E-state index in [1.54, 1.807) is 6.07 Å². The summed E-state index contributed by atoms with van der Waals surface area (Å²) in [5.41, 5.74) is 5.54. The van der Waals surface area contributed by atoms with Crippen molar-refractivity contribution in [2.24, 2.45) is 0 Å². The van der Waals surface area contributed by atoms with Crippen LogP contribution >= 0.6 is 0 Å². The lowest BCUT2D eigenvalue weighted by Gasteiger charge is -2.03. The van der Waals surface area contributed by atoms with Crippen molar-refractivity contribution in [1.82, 2.24) is 20.4 Å². The molecule has 21 heavy (non-hydrogen) atoms. The number of alkyl halides is 3. The number of hydrogen-bond donors (Lipinski definition) is 2. The number of pyridine rings is 1. The number of nitrogens with two attached hydrogens (primary N) is 1. The second kappa shape index (κ2) is 5.77. The van der Waals surface area contributed by atoms with Crippen LogP contribution < -0.4 is 11.1 Å². The molecule has 2 aromatic rings. The van der Waals surface area contributed by atoms with Gasteiger partial charge in [-0.2, -0.15) is 18.2 Å². The number of carbonyl (C=O) groups excluding carboxylic acids is 1. The Kier molecular flexibility index (Phi) is 4.05. The molecule has 0 atom stereocenters. The largest absolute Gasteiger partial charge is 0.471 e. The lowest BCUT2D eigenvalue weighted by Crippen LogP contribution is -2.27. The van der Waals surface area contributed by atoms with Gasteiger partial charge in [-0.15, -0.1) is 0 Å². The molecule has 112 valence electrons. The zero-order valence-electron chi connectivity index (χ0n) is 10.5. The highest BCUT2D eigenvalue weighted by Gasteiger charge is 2.38. The number of amides is 1. The molecule has 0 spiro atoms. The summed E-state index contributed by atoms with van der Waals surface area (Å²) >= 11 is 0. The van der Waals surface area contributed by atoms with Crippen LogP contribution in [0.5, 0.6) is 0 Å². The molecular formula is C11H10F3N5O2. The van der Waals surface area contributed by atoms with E-state index in [0.29, 0.717) is 0 Å². The first-order valence-electron chi connectivity index (χ1n) is 5.77. The topological polar surface area (TPSA) is 107 Å². The number of halogens is 3. The van der Waals surface area contributed by atoms with E-state index in [4.69, 9.17) is 5.73 Å². The summed E-state index contributed by atoms with van der Waals surface area (Å²) in [4.78, 5) is 18.7. The maximum atomic E-state index is 12.2. The molecule has 0 saturated carbocycles. The zero-order chi connectivity index (χ0) is 15.5. The third-order valence-electron chi connectivity index (χ3n) is 2.35. The van der Waals surface area contributed by atoms with Gasteiger partial charge in [0.25, 0.3) is 5.91 Å². The predicted molar refractivity (Wildman–Crippen MR) is 64.0 cm³/mol. The first-order valence-corrected chi connectivity index (χ1v) is 5.77. The fourth-order valence-electron chi connectivity index (χ4n) is 1.43. The molecule has 0 saturated heterocycles. The Balaban J connectivity index is 1.87. The van der Waals surface area contributed by atoms with E-state index in [2.05, 4.69) is 25.0 Å². The van der Waals surface area contributed by atoms with E-state index in [1.807, 2.05) is 0 Å². The van der Waals surface area contributed by atoms with Crippen LogP contribution in [0.3, 0.4) is 0 Å². The van der Waals surface area contributed by atoms with Crippen molar-refractivity contribution in [2.75, 3.05) is 12.3 Å². The molecule has 0 fully saturated rings. The number of aromatic nitrogens is 3. The highest BCUT2D eigenvalue weighted by molar-refractivity contribution is 5.92. The maximum absolute atomic E-state index is 12.2. The standard InChI is InChI=1S/C11H10F3N5O2/c12-11(13,14)10-18-8(19-21-10)4-5-16-9(20)6-2-1-3-7(15)17-6/h1-3H,4-5H2,(H2,15,17)(H,16,20). The normalized spacial score (nSPS) is 11.4. The molecule has 3 N–H and O–H groups in total. The average Bonchev–Trinajstić information content (AvgIpc) is 2.87. The Bertz CT molecular complexity index is 641. The third kappa shape index (κ3) is 3.91. The van der Waals surface area contributed by atoms with Gasteiger partial charge in [0, 0.05) is 13.0 Å². The monoisotopic (exact) mass is 301 g/mol. The zero-order valence-corrected chi connectivity index (χ0v) is 10.5. The fraction of sp³-hybridized carbons (Fsp3) is 0.273. The fourth-order valence-corrected chi connectivity index (χ4v) is 1.43. The van der Waals surface area contributed by atoms with Crippen molar-refractivity contribution in [1.29, 1.82) is 0 Å². The van der Waals surface area contributed by atoms with E-state index in [9.17, 15) is 18.0 Å². The summed E-state index contributed by atoms with van der Waals surface area (Å²) in [7, 11) is 0. The minimum Gasteiger partial charge on any atom is -0.384 e. The van der Waals surface area contributed by atoms with Crippen LogP contribution in [0.2, 0.25) is 0 Å². The molecule has 0 radical (unpaired) electrons. The second-order valence-corrected chi connectivity index (χ2v) is 3.97. The molecule has 0 unspecified atom stereocenters. The lowest BCUT2D eigenvalue weighted by atomic mass is 10.3. The Morgan fingerprint density at radius 2 is 2.10 bits per heavy atom. The third-order valence-corrected chi connectivity index (χ3v) is 2.35. The Morgan fingerprint density at radius 1 is 1.33 bits per heavy atom. The maximum Gasteiger partial charge on any atom is 0.471 e. The molecule has 0 aliphatic carbocycles. The molecule has 0 aromatic carbocycles. The lowest BCUT2D eigenvalue weighted by molar-refractivity contribution is -0.159. The van der Waals surface area contributed by atoms with Gasteiger partial charge in [-0.05, 0) is 12.1 Å². The van der Waals surface area contributed by atoms with E-state index in [0.717, 1.165) is 0 Å². The van der Waals surface area contributed by atoms with Crippen LogP contribution in [0.1, 0.15) is 22.2 Å². The van der Waals surface area contributed by atoms with Crippen molar-refractivity contribution in [2.45, 2.75) is 12.6 Å². The number of hydrogen-bond acceptors (Lipinski definition) is 6. The van der Waals surface area contributed by atoms with E-state index < -0.39 is 18.0 Å². The van der Waals surface area contributed by atoms with Crippen molar-refractivity contribution in [3.05, 3.63) is 35.6 Å². The molecule has 1 amide bonds. The molecule has 10 heteroatoms. The molecule has 2 aromatic heterocycles. The van der Waals surface area contributed by atoms with E-state index >= 15 is 0 Å². The van der Waals surface area contributed by atoms with Crippen molar-refractivity contribution < 1.29 is 22.5 Å². The highest BCUT2D eigenvalue weighted by atomic mass is 19.4. The van der Waals surface area contributed by atoms with Gasteiger partial charge in [-0.1, -0.05) is 11.2 Å². The quantitative estimate of drug-likeness (QED) is 0.873. The summed E-state index contributed by atoms with van der Waals surface area (Å²) in [6.07, 6.45) is -4.69. The smallest absolute Gasteiger partial charge is 0.384 e. The number of nitrogens with zero attached hydrogens (tertiary/aromatic N) is 3. The summed E-state index contributed by atoms with van der Waals surface area (Å²) in [5.74, 6) is -1.87. The molecule has 0 aliphatic heterocycles. The van der Waals surface area contributed by atoms with E-state index in [-0.39, 0.29) is 30.3 Å². The van der Waals surface area contributed by atoms with Crippen molar-refractivity contribution in [3.63, 3.8) is 0 Å². The minimum atomic E-state index is -4.68. The van der Waals surface area contributed by atoms with Crippen molar-refractivity contribution in [3.8, 4) is 0 Å². The van der Waals surface area contributed by atoms with Gasteiger partial charge < -0.3 is 15.6 Å². The number of nitrogens with one attached hydrogen (secondary N) is 1. The Labute approximate surface area is 116 Å². The van der Waals surface area contributed by atoms with Gasteiger partial charge in [-0.25, -0.2) is 4.98 Å². The first-order chi connectivity index (χ1) is 9.86. The molecule has 2 heterocycles. The summed E-state index contributed by atoms with van der Waals surface area (Å²) in [6.45, 7) is 0.0339. The van der Waals surface area contributed by atoms with Crippen LogP contribution in [0.4, 0.5) is 19.0 Å². The molecule has 7 nitrogen and oxygen atoms in total. The van der Waals surface area contributed by atoms with Crippen LogP contribution in [0.25, 0.3) is 0 Å². The predicted octanol–water partition coefficient (Wildman–Crippen LogP) is 1.04. The number of carbonyl (C=O) groups is 1. The summed E-state index contributed by atoms with van der Waals surface area (Å²) in [6, 6.07) is 4.54. The van der Waals surface area contributed by atoms with Crippen LogP contribution in [0, 0.1) is 0 Å². The van der Waals surface area contributed by atoms with Gasteiger partial charge in [0.05, 0.1) is 0 Å². The Morgan fingerprint density at radius 3 is 2.71 bits per heavy atom. The van der Waals surface area contributed by atoms with Crippen LogP contribution in [-0.2, 0) is 12.6 Å². The van der Waals surface area contributed by atoms with Crippen molar-refractivity contribution >= 4 is 11.7 Å². The van der Waals surface area contributed by atoms with Crippen LogP contribution in [-0.4, -0.2) is 27.6 Å². The first kappa shape index (κ1) is 14.8. The van der Waals surface area contributed by atoms with Gasteiger partial charge in [0.15, 0.2) is 5.82 Å². The number of anilines is 1. The second-order valence-electron chi connectivity index (χ2n) is 3.97. The summed E-state index contributed by atoms with van der Waals surface area (Å²) in [5, 5.41) is 5.64. The average molecular weight is 301 g/mol. The van der Waals surface area contributed by atoms with Gasteiger partial charge >= 0.3 is 12.1 Å². The van der Waals surface area contributed by atoms with E-state index in [1.165, 1.54) is 12.1 Å². The Hall–Kier alpha value is -2.65. The number of rotatable bonds is 4. The van der Waals surface area contributed by atoms with Gasteiger partial charge in [-0.3, -0.25) is 4.79 Å². The molecular weight excluding hydrogens is 291 g/mol. The number of nitrogen functional groups attached to an aromatic ring is 1. The SMILES string of the molecule is Nc1cccc(C(=O)NCCc2noc(C(F)(F)F)n2)n1. The van der Waals surface area contributed by atoms with Gasteiger partial charge in [0.1, 0.15) is 11.5 Å².